The van der Waals surface area contributed by atoms with Crippen molar-refractivity contribution in [1.82, 2.24) is 4.31 Å². The molecule has 1 aliphatic heterocycles. The minimum atomic E-state index is -3.47. The number of benzene rings is 2. The molecule has 28 heavy (non-hydrogen) atoms. The van der Waals surface area contributed by atoms with Gasteiger partial charge in [0.15, 0.2) is 6.54 Å². The molecule has 7 heteroatoms. The van der Waals surface area contributed by atoms with Crippen LogP contribution in [0.3, 0.4) is 0 Å². The first-order valence-electron chi connectivity index (χ1n) is 9.53. The number of nitrogens with zero attached hydrogens (tertiary/aromatic N) is 1. The van der Waals surface area contributed by atoms with E-state index in [0.717, 1.165) is 21.7 Å². The molecule has 0 aromatic heterocycles. The van der Waals surface area contributed by atoms with Gasteiger partial charge in [0.25, 0.3) is 5.91 Å². The van der Waals surface area contributed by atoms with E-state index in [1.807, 2.05) is 51.1 Å². The van der Waals surface area contributed by atoms with Crippen LogP contribution in [0.15, 0.2) is 47.4 Å². The van der Waals surface area contributed by atoms with E-state index in [0.29, 0.717) is 37.6 Å². The molecule has 0 aliphatic carbocycles. The second-order valence-electron chi connectivity index (χ2n) is 7.49. The number of piperazine rings is 1. The van der Waals surface area contributed by atoms with Crippen LogP contribution in [0.5, 0.6) is 0 Å². The first-order valence-corrected chi connectivity index (χ1v) is 11.0. The van der Waals surface area contributed by atoms with Crippen molar-refractivity contribution in [3.05, 3.63) is 59.2 Å². The Bertz CT molecular complexity index is 947. The van der Waals surface area contributed by atoms with Gasteiger partial charge < -0.3 is 10.2 Å². The fraction of sp³-hybridized carbons (Fsp3) is 0.381. The lowest BCUT2D eigenvalue weighted by Gasteiger charge is -2.31. The van der Waals surface area contributed by atoms with E-state index in [2.05, 4.69) is 5.32 Å². The fourth-order valence-electron chi connectivity index (χ4n) is 3.33. The van der Waals surface area contributed by atoms with Crippen molar-refractivity contribution < 1.29 is 18.1 Å². The highest BCUT2D eigenvalue weighted by Gasteiger charge is 2.31. The van der Waals surface area contributed by atoms with Gasteiger partial charge in [0, 0.05) is 5.69 Å². The van der Waals surface area contributed by atoms with E-state index in [9.17, 15) is 13.2 Å². The molecule has 1 saturated heterocycles. The summed E-state index contributed by atoms with van der Waals surface area (Å²) < 4.78 is 27.0. The maximum absolute atomic E-state index is 12.8. The number of amides is 1. The Morgan fingerprint density at radius 2 is 1.64 bits per heavy atom. The average molecular weight is 403 g/mol. The molecule has 1 amide bonds. The highest BCUT2D eigenvalue weighted by atomic mass is 32.2. The summed E-state index contributed by atoms with van der Waals surface area (Å²) in [7, 11) is -3.47. The molecule has 1 aliphatic rings. The van der Waals surface area contributed by atoms with Crippen molar-refractivity contribution in [2.24, 2.45) is 0 Å². The molecular weight excluding hydrogens is 374 g/mol. The summed E-state index contributed by atoms with van der Waals surface area (Å²) in [4.78, 5) is 13.8. The Hall–Kier alpha value is -2.22. The van der Waals surface area contributed by atoms with Crippen molar-refractivity contribution in [3.8, 4) is 0 Å². The first-order chi connectivity index (χ1) is 13.3. The number of rotatable bonds is 5. The third kappa shape index (κ3) is 4.79. The second kappa shape index (κ2) is 8.43. The van der Waals surface area contributed by atoms with Gasteiger partial charge in [-0.05, 0) is 56.2 Å². The van der Waals surface area contributed by atoms with Crippen LogP contribution in [0.25, 0.3) is 0 Å². The number of carbonyl (C=O) groups excluding carboxylic acids is 1. The van der Waals surface area contributed by atoms with Crippen molar-refractivity contribution in [2.45, 2.75) is 25.7 Å². The second-order valence-corrected chi connectivity index (χ2v) is 9.43. The molecule has 1 fully saturated rings. The maximum Gasteiger partial charge on any atom is 0.279 e. The van der Waals surface area contributed by atoms with Crippen LogP contribution in [0.1, 0.15) is 16.7 Å². The molecule has 2 N–H and O–H groups in total. The number of quaternary nitrogens is 1. The summed E-state index contributed by atoms with van der Waals surface area (Å²) >= 11 is 0. The van der Waals surface area contributed by atoms with Gasteiger partial charge in [-0.15, -0.1) is 0 Å². The zero-order valence-electron chi connectivity index (χ0n) is 16.7. The van der Waals surface area contributed by atoms with Crippen LogP contribution in [0.4, 0.5) is 5.69 Å². The molecule has 0 atom stereocenters. The Balaban J connectivity index is 1.54. The van der Waals surface area contributed by atoms with Gasteiger partial charge in [-0.3, -0.25) is 4.79 Å². The lowest BCUT2D eigenvalue weighted by atomic mass is 10.1. The predicted molar refractivity (Wildman–Crippen MR) is 110 cm³/mol. The van der Waals surface area contributed by atoms with Crippen molar-refractivity contribution in [3.63, 3.8) is 0 Å². The summed E-state index contributed by atoms with van der Waals surface area (Å²) in [6.45, 7) is 8.40. The topological polar surface area (TPSA) is 70.9 Å². The zero-order valence-corrected chi connectivity index (χ0v) is 17.5. The standard InChI is InChI=1S/C21H27N3O3S/c1-16-4-8-20(9-5-16)28(26,27)24-12-10-23(11-13-24)15-21(25)22-19-7-6-17(2)18(3)14-19/h4-9,14H,10-13,15H2,1-3H3,(H,22,25)/p+1. The van der Waals surface area contributed by atoms with E-state index in [4.69, 9.17) is 0 Å². The summed E-state index contributed by atoms with van der Waals surface area (Å²) in [5.74, 6) is -0.0481. The minimum absolute atomic E-state index is 0.0481. The maximum atomic E-state index is 12.8. The Labute approximate surface area is 167 Å². The largest absolute Gasteiger partial charge is 0.325 e. The van der Waals surface area contributed by atoms with Crippen LogP contribution >= 0.6 is 0 Å². The summed E-state index contributed by atoms with van der Waals surface area (Å²) in [6, 6.07) is 12.8. The zero-order chi connectivity index (χ0) is 20.3. The van der Waals surface area contributed by atoms with E-state index in [-0.39, 0.29) is 5.91 Å². The molecule has 3 rings (SSSR count). The molecular formula is C21H28N3O3S+. The van der Waals surface area contributed by atoms with Gasteiger partial charge in [0.05, 0.1) is 31.1 Å². The van der Waals surface area contributed by atoms with Gasteiger partial charge in [-0.25, -0.2) is 8.42 Å². The molecule has 0 radical (unpaired) electrons. The van der Waals surface area contributed by atoms with Crippen molar-refractivity contribution >= 4 is 21.6 Å². The van der Waals surface area contributed by atoms with Crippen LogP contribution in [-0.2, 0) is 14.8 Å². The molecule has 0 bridgehead atoms. The molecule has 2 aromatic carbocycles. The van der Waals surface area contributed by atoms with E-state index in [1.54, 1.807) is 12.1 Å². The minimum Gasteiger partial charge on any atom is -0.325 e. The summed E-state index contributed by atoms with van der Waals surface area (Å²) in [5, 5.41) is 2.94. The molecule has 6 nitrogen and oxygen atoms in total. The molecule has 1 heterocycles. The Morgan fingerprint density at radius 3 is 2.25 bits per heavy atom. The van der Waals surface area contributed by atoms with Crippen LogP contribution in [-0.4, -0.2) is 51.4 Å². The first kappa shape index (κ1) is 20.5. The quantitative estimate of drug-likeness (QED) is 0.788. The summed E-state index contributed by atoms with van der Waals surface area (Å²) in [6.07, 6.45) is 0. The van der Waals surface area contributed by atoms with E-state index in [1.165, 1.54) is 9.87 Å². The lowest BCUT2D eigenvalue weighted by molar-refractivity contribution is -0.895. The van der Waals surface area contributed by atoms with Gasteiger partial charge in [-0.1, -0.05) is 23.8 Å². The molecule has 0 spiro atoms. The number of nitrogens with one attached hydrogen (secondary N) is 2. The number of anilines is 1. The van der Waals surface area contributed by atoms with Crippen LogP contribution in [0.2, 0.25) is 0 Å². The van der Waals surface area contributed by atoms with E-state index >= 15 is 0 Å². The highest BCUT2D eigenvalue weighted by molar-refractivity contribution is 7.89. The van der Waals surface area contributed by atoms with Gasteiger partial charge >= 0.3 is 0 Å². The molecule has 0 saturated carbocycles. The number of aryl methyl sites for hydroxylation is 3. The highest BCUT2D eigenvalue weighted by Crippen LogP contribution is 2.16. The average Bonchev–Trinajstić information content (AvgIpc) is 2.65. The smallest absolute Gasteiger partial charge is 0.279 e. The monoisotopic (exact) mass is 402 g/mol. The Kier molecular flexibility index (Phi) is 6.17. The third-order valence-electron chi connectivity index (χ3n) is 5.29. The molecule has 150 valence electrons. The molecule has 2 aromatic rings. The van der Waals surface area contributed by atoms with Gasteiger partial charge in [0.1, 0.15) is 0 Å². The van der Waals surface area contributed by atoms with Crippen LogP contribution < -0.4 is 10.2 Å². The number of carbonyl (C=O) groups is 1. The lowest BCUT2D eigenvalue weighted by Crippen LogP contribution is -3.15. The fourth-order valence-corrected chi connectivity index (χ4v) is 4.77. The van der Waals surface area contributed by atoms with Gasteiger partial charge in [-0.2, -0.15) is 4.31 Å². The third-order valence-corrected chi connectivity index (χ3v) is 7.20. The van der Waals surface area contributed by atoms with Crippen molar-refractivity contribution in [2.75, 3.05) is 38.0 Å². The van der Waals surface area contributed by atoms with Crippen LogP contribution in [0, 0.1) is 20.8 Å². The van der Waals surface area contributed by atoms with Crippen molar-refractivity contribution in [1.29, 1.82) is 0 Å². The molecule has 0 unspecified atom stereocenters. The van der Waals surface area contributed by atoms with Gasteiger partial charge in [0.2, 0.25) is 10.0 Å². The number of hydrogen-bond acceptors (Lipinski definition) is 3. The Morgan fingerprint density at radius 1 is 1.00 bits per heavy atom. The number of hydrogen-bond donors (Lipinski definition) is 2. The number of sulfonamides is 1. The normalized spacial score (nSPS) is 16.1. The SMILES string of the molecule is Cc1ccc(S(=O)(=O)N2CC[NH+](CC(=O)Nc3ccc(C)c(C)c3)CC2)cc1. The summed E-state index contributed by atoms with van der Waals surface area (Å²) in [5.41, 5.74) is 4.16. The van der Waals surface area contributed by atoms with E-state index < -0.39 is 10.0 Å². The predicted octanol–water partition coefficient (Wildman–Crippen LogP) is 1.14.